The average molecular weight is 301 g/mol. The molecule has 0 bridgehead atoms. The summed E-state index contributed by atoms with van der Waals surface area (Å²) in [6.45, 7) is 0. The second-order valence-corrected chi connectivity index (χ2v) is 4.69. The van der Waals surface area contributed by atoms with Crippen LogP contribution in [0.25, 0.3) is 0 Å². The lowest BCUT2D eigenvalue weighted by atomic mass is 10.1. The molecule has 1 aromatic carbocycles. The standard InChI is InChI=1S/C15H13ClN4O/c1-18-14-8-11(7-13(16)19-14)15(21)20(2)12-6-4-3-5-10(12)9-17/h3-8H,1-2H3,(H,18,19). The van der Waals surface area contributed by atoms with Gasteiger partial charge in [-0.3, -0.25) is 4.79 Å². The van der Waals surface area contributed by atoms with Gasteiger partial charge in [0.1, 0.15) is 17.0 Å². The summed E-state index contributed by atoms with van der Waals surface area (Å²) >= 11 is 5.91. The number of rotatable bonds is 3. The lowest BCUT2D eigenvalue weighted by molar-refractivity contribution is 0.0993. The Morgan fingerprint density at radius 2 is 2.10 bits per heavy atom. The van der Waals surface area contributed by atoms with Crippen molar-refractivity contribution in [3.63, 3.8) is 0 Å². The predicted octanol–water partition coefficient (Wildman–Crippen LogP) is 2.92. The van der Waals surface area contributed by atoms with Crippen LogP contribution < -0.4 is 10.2 Å². The summed E-state index contributed by atoms with van der Waals surface area (Å²) in [5.41, 5.74) is 1.38. The number of nitriles is 1. The first kappa shape index (κ1) is 14.8. The fourth-order valence-corrected chi connectivity index (χ4v) is 2.12. The Kier molecular flexibility index (Phi) is 4.41. The number of para-hydroxylation sites is 1. The van der Waals surface area contributed by atoms with Gasteiger partial charge in [0, 0.05) is 19.7 Å². The van der Waals surface area contributed by atoms with Gasteiger partial charge in [-0.1, -0.05) is 23.7 Å². The van der Waals surface area contributed by atoms with Crippen LogP contribution in [-0.2, 0) is 0 Å². The molecule has 0 spiro atoms. The van der Waals surface area contributed by atoms with Crippen molar-refractivity contribution in [3.05, 3.63) is 52.7 Å². The Labute approximate surface area is 127 Å². The second kappa shape index (κ2) is 6.25. The number of hydrogen-bond donors (Lipinski definition) is 1. The van der Waals surface area contributed by atoms with Crippen molar-refractivity contribution >= 4 is 29.0 Å². The van der Waals surface area contributed by atoms with Crippen molar-refractivity contribution in [2.45, 2.75) is 0 Å². The normalized spacial score (nSPS) is 9.81. The van der Waals surface area contributed by atoms with E-state index >= 15 is 0 Å². The minimum Gasteiger partial charge on any atom is -0.373 e. The van der Waals surface area contributed by atoms with E-state index in [9.17, 15) is 4.79 Å². The number of benzene rings is 1. The van der Waals surface area contributed by atoms with Crippen molar-refractivity contribution in [1.29, 1.82) is 5.26 Å². The molecule has 2 rings (SSSR count). The molecule has 0 unspecified atom stereocenters. The van der Waals surface area contributed by atoms with Crippen LogP contribution in [0.2, 0.25) is 5.15 Å². The van der Waals surface area contributed by atoms with Gasteiger partial charge in [0.15, 0.2) is 0 Å². The molecule has 0 atom stereocenters. The highest BCUT2D eigenvalue weighted by Gasteiger charge is 2.17. The summed E-state index contributed by atoms with van der Waals surface area (Å²) in [4.78, 5) is 18.0. The van der Waals surface area contributed by atoms with Crippen LogP contribution in [-0.4, -0.2) is 25.0 Å². The van der Waals surface area contributed by atoms with Gasteiger partial charge in [0.25, 0.3) is 5.91 Å². The number of nitrogens with one attached hydrogen (secondary N) is 1. The minimum atomic E-state index is -0.265. The van der Waals surface area contributed by atoms with Crippen LogP contribution in [0.3, 0.4) is 0 Å². The predicted molar refractivity (Wildman–Crippen MR) is 82.7 cm³/mol. The van der Waals surface area contributed by atoms with E-state index in [1.807, 2.05) is 0 Å². The SMILES string of the molecule is CNc1cc(C(=O)N(C)c2ccccc2C#N)cc(Cl)n1. The summed E-state index contributed by atoms with van der Waals surface area (Å²) in [6.07, 6.45) is 0. The van der Waals surface area contributed by atoms with Crippen LogP contribution >= 0.6 is 11.6 Å². The molecule has 0 aliphatic heterocycles. The topological polar surface area (TPSA) is 69.0 Å². The van der Waals surface area contributed by atoms with Crippen molar-refractivity contribution in [2.24, 2.45) is 0 Å². The smallest absolute Gasteiger partial charge is 0.258 e. The van der Waals surface area contributed by atoms with E-state index in [0.717, 1.165) is 0 Å². The first-order chi connectivity index (χ1) is 10.1. The molecular weight excluding hydrogens is 288 g/mol. The lowest BCUT2D eigenvalue weighted by Gasteiger charge is -2.19. The monoisotopic (exact) mass is 300 g/mol. The molecule has 0 fully saturated rings. The molecule has 5 nitrogen and oxygen atoms in total. The number of pyridine rings is 1. The molecule has 1 heterocycles. The third-order valence-corrected chi connectivity index (χ3v) is 3.18. The summed E-state index contributed by atoms with van der Waals surface area (Å²) < 4.78 is 0. The zero-order chi connectivity index (χ0) is 15.4. The summed E-state index contributed by atoms with van der Waals surface area (Å²) in [6, 6.07) is 12.1. The van der Waals surface area contributed by atoms with Gasteiger partial charge in [0.2, 0.25) is 0 Å². The molecule has 106 valence electrons. The molecule has 0 saturated heterocycles. The third kappa shape index (κ3) is 3.12. The number of carbonyl (C=O) groups is 1. The first-order valence-corrected chi connectivity index (χ1v) is 6.57. The van der Waals surface area contributed by atoms with Gasteiger partial charge < -0.3 is 10.2 Å². The second-order valence-electron chi connectivity index (χ2n) is 4.31. The van der Waals surface area contributed by atoms with Gasteiger partial charge in [-0.15, -0.1) is 0 Å². The number of nitrogens with zero attached hydrogens (tertiary/aromatic N) is 3. The Bertz CT molecular complexity index is 724. The van der Waals surface area contributed by atoms with Crippen LogP contribution in [0.4, 0.5) is 11.5 Å². The van der Waals surface area contributed by atoms with Crippen LogP contribution in [0.1, 0.15) is 15.9 Å². The summed E-state index contributed by atoms with van der Waals surface area (Å²) in [7, 11) is 3.31. The third-order valence-electron chi connectivity index (χ3n) is 2.99. The van der Waals surface area contributed by atoms with E-state index in [0.29, 0.717) is 22.6 Å². The highest BCUT2D eigenvalue weighted by Crippen LogP contribution is 2.22. The molecule has 0 saturated carbocycles. The number of hydrogen-bond acceptors (Lipinski definition) is 4. The van der Waals surface area contributed by atoms with Gasteiger partial charge in [-0.05, 0) is 24.3 Å². The summed E-state index contributed by atoms with van der Waals surface area (Å²) in [5.74, 6) is 0.242. The van der Waals surface area contributed by atoms with Crippen LogP contribution in [0, 0.1) is 11.3 Å². The quantitative estimate of drug-likeness (QED) is 0.885. The summed E-state index contributed by atoms with van der Waals surface area (Å²) in [5, 5.41) is 12.2. The van der Waals surface area contributed by atoms with E-state index in [1.165, 1.54) is 11.0 Å². The van der Waals surface area contributed by atoms with Gasteiger partial charge >= 0.3 is 0 Å². The highest BCUT2D eigenvalue weighted by atomic mass is 35.5. The fourth-order valence-electron chi connectivity index (χ4n) is 1.91. The van der Waals surface area contributed by atoms with Crippen molar-refractivity contribution < 1.29 is 4.79 Å². The largest absolute Gasteiger partial charge is 0.373 e. The molecule has 6 heteroatoms. The lowest BCUT2D eigenvalue weighted by Crippen LogP contribution is -2.27. The van der Waals surface area contributed by atoms with Crippen LogP contribution in [0.15, 0.2) is 36.4 Å². The number of amides is 1. The minimum absolute atomic E-state index is 0.229. The molecule has 0 radical (unpaired) electrons. The van der Waals surface area contributed by atoms with E-state index in [4.69, 9.17) is 16.9 Å². The number of halogens is 1. The molecular formula is C15H13ClN4O. The van der Waals surface area contributed by atoms with Crippen molar-refractivity contribution in [1.82, 2.24) is 4.98 Å². The van der Waals surface area contributed by atoms with Gasteiger partial charge in [-0.2, -0.15) is 5.26 Å². The molecule has 2 aromatic rings. The Balaban J connectivity index is 2.40. The Hall–Kier alpha value is -2.58. The van der Waals surface area contributed by atoms with Crippen molar-refractivity contribution in [3.8, 4) is 6.07 Å². The molecule has 1 aromatic heterocycles. The van der Waals surface area contributed by atoms with Gasteiger partial charge in [0.05, 0.1) is 11.3 Å². The molecule has 1 amide bonds. The Morgan fingerprint density at radius 3 is 2.76 bits per heavy atom. The van der Waals surface area contributed by atoms with E-state index in [1.54, 1.807) is 44.4 Å². The van der Waals surface area contributed by atoms with E-state index in [-0.39, 0.29) is 11.1 Å². The Morgan fingerprint density at radius 1 is 1.38 bits per heavy atom. The number of aromatic nitrogens is 1. The first-order valence-electron chi connectivity index (χ1n) is 6.19. The molecule has 21 heavy (non-hydrogen) atoms. The maximum Gasteiger partial charge on any atom is 0.258 e. The zero-order valence-corrected chi connectivity index (χ0v) is 12.3. The number of carbonyl (C=O) groups excluding carboxylic acids is 1. The fraction of sp³-hybridized carbons (Fsp3) is 0.133. The van der Waals surface area contributed by atoms with E-state index < -0.39 is 0 Å². The maximum atomic E-state index is 12.5. The highest BCUT2D eigenvalue weighted by molar-refractivity contribution is 6.30. The average Bonchev–Trinajstić information content (AvgIpc) is 2.52. The van der Waals surface area contributed by atoms with E-state index in [2.05, 4.69) is 16.4 Å². The molecule has 1 N–H and O–H groups in total. The number of anilines is 2. The molecule has 0 aliphatic rings. The zero-order valence-electron chi connectivity index (χ0n) is 11.6. The van der Waals surface area contributed by atoms with Crippen molar-refractivity contribution in [2.75, 3.05) is 24.3 Å². The van der Waals surface area contributed by atoms with Crippen LogP contribution in [0.5, 0.6) is 0 Å². The maximum absolute atomic E-state index is 12.5. The van der Waals surface area contributed by atoms with Gasteiger partial charge in [-0.25, -0.2) is 4.98 Å². The molecule has 0 aliphatic carbocycles.